The minimum atomic E-state index is -1.34. The highest BCUT2D eigenvalue weighted by Crippen LogP contribution is 2.51. The number of likely N-dealkylation sites (tertiary alicyclic amines) is 1. The number of aryl methyl sites for hydroxylation is 1. The number of pyridine rings is 2. The fraction of sp³-hybridized carbons (Fsp3) is 0.513. The van der Waals surface area contributed by atoms with Crippen LogP contribution in [0.3, 0.4) is 0 Å². The van der Waals surface area contributed by atoms with Crippen molar-refractivity contribution < 1.29 is 23.8 Å². The average Bonchev–Trinajstić information content (AvgIpc) is 3.94. The summed E-state index contributed by atoms with van der Waals surface area (Å²) in [7, 11) is 0. The van der Waals surface area contributed by atoms with Crippen molar-refractivity contribution in [2.45, 2.75) is 83.0 Å². The van der Waals surface area contributed by atoms with Gasteiger partial charge in [-0.25, -0.2) is 13.8 Å². The molecule has 11 heteroatoms. The summed E-state index contributed by atoms with van der Waals surface area (Å²) in [6.45, 7) is 6.15. The molecule has 0 spiro atoms. The van der Waals surface area contributed by atoms with E-state index in [9.17, 15) is 15.0 Å². The lowest BCUT2D eigenvalue weighted by Crippen LogP contribution is -2.42. The molecular weight excluding hydrogens is 638 g/mol. The molecule has 2 aliphatic carbocycles. The molecule has 4 heterocycles. The second kappa shape index (κ2) is 14.0. The second-order valence-electron chi connectivity index (χ2n) is 15.1. The number of carbonyl (C=O) groups is 1. The number of fused-ring (bicyclic) bond motifs is 2. The minimum Gasteiger partial charge on any atom is -0.396 e. The molecule has 1 amide bonds. The van der Waals surface area contributed by atoms with Crippen molar-refractivity contribution in [1.82, 2.24) is 30.4 Å². The molecule has 1 saturated heterocycles. The molecule has 7 rings (SSSR count). The molecular formula is C39H46F2N6O3. The SMILES string of the molecule is CC(C)[C@]1(F)CCc2nc3c(F)cc(C(=O)N[C@H](CCN4CCC(C(O)C5(CO)CC5)CC4)c4ccc(-c5ccnnc5)nc4)cc3cc2C1. The first-order valence-corrected chi connectivity index (χ1v) is 17.9. The lowest BCUT2D eigenvalue weighted by Gasteiger charge is -2.37. The van der Waals surface area contributed by atoms with Crippen LogP contribution in [-0.4, -0.2) is 79.2 Å². The van der Waals surface area contributed by atoms with Crippen LogP contribution in [0.25, 0.3) is 22.2 Å². The summed E-state index contributed by atoms with van der Waals surface area (Å²) in [6, 6.07) is 9.93. The number of carbonyl (C=O) groups excluding carboxylic acids is 1. The van der Waals surface area contributed by atoms with Crippen molar-refractivity contribution in [3.05, 3.63) is 83.2 Å². The van der Waals surface area contributed by atoms with Crippen LogP contribution in [0.4, 0.5) is 8.78 Å². The summed E-state index contributed by atoms with van der Waals surface area (Å²) < 4.78 is 31.1. The van der Waals surface area contributed by atoms with E-state index in [2.05, 4.69) is 30.4 Å². The molecule has 1 aliphatic heterocycles. The zero-order valence-electron chi connectivity index (χ0n) is 28.8. The first-order valence-electron chi connectivity index (χ1n) is 17.9. The van der Waals surface area contributed by atoms with E-state index in [-0.39, 0.29) is 41.4 Å². The van der Waals surface area contributed by atoms with Crippen LogP contribution in [0.15, 0.2) is 55.0 Å². The van der Waals surface area contributed by atoms with Crippen LogP contribution in [0, 0.1) is 23.1 Å². The Labute approximate surface area is 291 Å². The van der Waals surface area contributed by atoms with Crippen LogP contribution < -0.4 is 5.32 Å². The van der Waals surface area contributed by atoms with Gasteiger partial charge < -0.3 is 20.4 Å². The van der Waals surface area contributed by atoms with Crippen LogP contribution in [-0.2, 0) is 12.8 Å². The maximum atomic E-state index is 15.6. The van der Waals surface area contributed by atoms with Gasteiger partial charge in [-0.05, 0) is 111 Å². The Morgan fingerprint density at radius 1 is 1.08 bits per heavy atom. The molecule has 3 aliphatic rings. The van der Waals surface area contributed by atoms with Gasteiger partial charge in [-0.1, -0.05) is 19.9 Å². The van der Waals surface area contributed by atoms with E-state index in [0.717, 1.165) is 66.9 Å². The number of hydrogen-bond acceptors (Lipinski definition) is 8. The number of aromatic nitrogens is 4. The molecule has 50 heavy (non-hydrogen) atoms. The van der Waals surface area contributed by atoms with Crippen molar-refractivity contribution in [3.8, 4) is 11.3 Å². The first-order chi connectivity index (χ1) is 24.1. The molecule has 9 nitrogen and oxygen atoms in total. The van der Waals surface area contributed by atoms with Crippen LogP contribution in [0.1, 0.15) is 85.6 Å². The monoisotopic (exact) mass is 684 g/mol. The summed E-state index contributed by atoms with van der Waals surface area (Å²) in [5, 5.41) is 32.1. The number of halogens is 2. The van der Waals surface area contributed by atoms with Gasteiger partial charge >= 0.3 is 0 Å². The molecule has 1 aromatic carbocycles. The highest BCUT2D eigenvalue weighted by atomic mass is 19.1. The van der Waals surface area contributed by atoms with Gasteiger partial charge in [0.1, 0.15) is 17.0 Å². The highest BCUT2D eigenvalue weighted by Gasteiger charge is 2.51. The number of rotatable bonds is 11. The number of nitrogens with one attached hydrogen (secondary N) is 1. The van der Waals surface area contributed by atoms with Crippen molar-refractivity contribution in [3.63, 3.8) is 0 Å². The number of aliphatic hydroxyl groups is 2. The zero-order chi connectivity index (χ0) is 35.0. The summed E-state index contributed by atoms with van der Waals surface area (Å²) in [5.74, 6) is -0.978. The summed E-state index contributed by atoms with van der Waals surface area (Å²) in [4.78, 5) is 25.4. The van der Waals surface area contributed by atoms with Crippen LogP contribution in [0.5, 0.6) is 0 Å². The third-order valence-electron chi connectivity index (χ3n) is 11.6. The molecule has 4 aromatic rings. The Kier molecular flexibility index (Phi) is 9.66. The number of nitrogens with zero attached hydrogens (tertiary/aromatic N) is 5. The number of benzene rings is 1. The Bertz CT molecular complexity index is 1830. The van der Waals surface area contributed by atoms with E-state index >= 15 is 8.78 Å². The molecule has 1 unspecified atom stereocenters. The van der Waals surface area contributed by atoms with Crippen molar-refractivity contribution in [2.24, 2.45) is 17.3 Å². The topological polar surface area (TPSA) is 124 Å². The summed E-state index contributed by atoms with van der Waals surface area (Å²) >= 11 is 0. The quantitative estimate of drug-likeness (QED) is 0.182. The van der Waals surface area contributed by atoms with Gasteiger partial charge in [-0.2, -0.15) is 10.2 Å². The average molecular weight is 685 g/mol. The van der Waals surface area contributed by atoms with Gasteiger partial charge in [0.25, 0.3) is 5.91 Å². The van der Waals surface area contributed by atoms with Gasteiger partial charge in [0.05, 0.1) is 36.8 Å². The number of amides is 1. The minimum absolute atomic E-state index is 0.0382. The summed E-state index contributed by atoms with van der Waals surface area (Å²) in [6.07, 6.45) is 9.63. The number of alkyl halides is 1. The van der Waals surface area contributed by atoms with Gasteiger partial charge in [0, 0.05) is 46.8 Å². The molecule has 0 bridgehead atoms. The van der Waals surface area contributed by atoms with Crippen molar-refractivity contribution in [2.75, 3.05) is 26.2 Å². The van der Waals surface area contributed by atoms with Gasteiger partial charge in [-0.15, -0.1) is 0 Å². The second-order valence-corrected chi connectivity index (χ2v) is 15.1. The third-order valence-corrected chi connectivity index (χ3v) is 11.6. The van der Waals surface area contributed by atoms with E-state index in [0.29, 0.717) is 31.2 Å². The van der Waals surface area contributed by atoms with Crippen LogP contribution >= 0.6 is 0 Å². The number of aliphatic hydroxyl groups excluding tert-OH is 2. The molecule has 3 aromatic heterocycles. The largest absolute Gasteiger partial charge is 0.396 e. The Hall–Kier alpha value is -3.93. The van der Waals surface area contributed by atoms with E-state index in [1.54, 1.807) is 30.7 Å². The van der Waals surface area contributed by atoms with E-state index in [4.69, 9.17) is 0 Å². The smallest absolute Gasteiger partial charge is 0.251 e. The lowest BCUT2D eigenvalue weighted by atomic mass is 9.77. The standard InChI is InChI=1S/C39H46F2N6O3/c1-24(2)39(41)10-5-33-30(20-39)18-28-17-29(19-31(40)35(28)45-33)37(50)46-34(26-3-4-32(42-21-26)27-6-13-43-44-22-27)9-16-47-14-7-25(8-15-47)36(49)38(23-48)11-12-38/h3-4,6,13,17-19,21-22,24-25,34,36,48-49H,5,7-12,14-16,20,23H2,1-2H3,(H,46,50)/t34-,36?,39+/m1/s1. The highest BCUT2D eigenvalue weighted by molar-refractivity contribution is 5.98. The number of hydrogen-bond donors (Lipinski definition) is 3. The van der Waals surface area contributed by atoms with E-state index in [1.165, 1.54) is 6.07 Å². The fourth-order valence-electron chi connectivity index (χ4n) is 7.85. The van der Waals surface area contributed by atoms with Gasteiger partial charge in [0.2, 0.25) is 0 Å². The normalized spacial score (nSPS) is 21.9. The Balaban J connectivity index is 1.09. The Morgan fingerprint density at radius 3 is 2.54 bits per heavy atom. The molecule has 3 atom stereocenters. The maximum Gasteiger partial charge on any atom is 0.251 e. The van der Waals surface area contributed by atoms with Crippen molar-refractivity contribution >= 4 is 16.8 Å². The number of piperidine rings is 1. The van der Waals surface area contributed by atoms with Gasteiger partial charge in [-0.3, -0.25) is 9.78 Å². The van der Waals surface area contributed by atoms with Crippen LogP contribution in [0.2, 0.25) is 0 Å². The molecule has 1 saturated carbocycles. The molecule has 0 radical (unpaired) electrons. The fourth-order valence-corrected chi connectivity index (χ4v) is 7.85. The Morgan fingerprint density at radius 2 is 1.88 bits per heavy atom. The third kappa shape index (κ3) is 7.00. The van der Waals surface area contributed by atoms with Crippen molar-refractivity contribution in [1.29, 1.82) is 0 Å². The van der Waals surface area contributed by atoms with E-state index < -0.39 is 29.5 Å². The predicted octanol–water partition coefficient (Wildman–Crippen LogP) is 5.79. The predicted molar refractivity (Wildman–Crippen MR) is 186 cm³/mol. The molecule has 2 fully saturated rings. The van der Waals surface area contributed by atoms with E-state index in [1.807, 2.05) is 32.0 Å². The maximum absolute atomic E-state index is 15.6. The van der Waals surface area contributed by atoms with Gasteiger partial charge in [0.15, 0.2) is 0 Å². The molecule has 3 N–H and O–H groups in total. The lowest BCUT2D eigenvalue weighted by molar-refractivity contribution is -0.0150. The molecule has 264 valence electrons. The first kappa shape index (κ1) is 34.5. The zero-order valence-corrected chi connectivity index (χ0v) is 28.8. The summed E-state index contributed by atoms with van der Waals surface area (Å²) in [5.41, 5.74) is 2.58.